The average molecular weight is 792 g/mol. The van der Waals surface area contributed by atoms with Crippen LogP contribution >= 0.6 is 0 Å². The quantitative estimate of drug-likeness (QED) is 0.0425. The fourth-order valence-electron chi connectivity index (χ4n) is 6.97. The summed E-state index contributed by atoms with van der Waals surface area (Å²) in [6.07, 6.45) is 70.3. The molecule has 0 aromatic rings. The molecule has 0 saturated heterocycles. The Kier molecular flexibility index (Phi) is 45.9. The van der Waals surface area contributed by atoms with Crippen molar-refractivity contribution in [2.75, 3.05) is 6.61 Å². The van der Waals surface area contributed by atoms with Crippen LogP contribution in [0.2, 0.25) is 0 Å². The molecule has 0 fully saturated rings. The van der Waals surface area contributed by atoms with Gasteiger partial charge in [0.05, 0.1) is 18.8 Å². The summed E-state index contributed by atoms with van der Waals surface area (Å²) in [6.45, 7) is 4.05. The van der Waals surface area contributed by atoms with Crippen LogP contribution in [0.4, 0.5) is 0 Å². The molecule has 57 heavy (non-hydrogen) atoms. The molecule has 2 atom stereocenters. The first-order valence-electron chi connectivity index (χ1n) is 24.3. The lowest BCUT2D eigenvalue weighted by Crippen LogP contribution is -2.45. The summed E-state index contributed by atoms with van der Waals surface area (Å²) in [7, 11) is 0. The van der Waals surface area contributed by atoms with Gasteiger partial charge in [0.15, 0.2) is 0 Å². The summed E-state index contributed by atoms with van der Waals surface area (Å²) in [5, 5.41) is 22.9. The van der Waals surface area contributed by atoms with Gasteiger partial charge >= 0.3 is 0 Å². The second-order valence-corrected chi connectivity index (χ2v) is 16.1. The van der Waals surface area contributed by atoms with Gasteiger partial charge in [0.1, 0.15) is 0 Å². The number of nitrogens with one attached hydrogen (secondary N) is 1. The molecule has 0 saturated carbocycles. The lowest BCUT2D eigenvalue weighted by Gasteiger charge is -2.19. The first-order valence-corrected chi connectivity index (χ1v) is 24.3. The fourth-order valence-corrected chi connectivity index (χ4v) is 6.97. The number of unbranched alkanes of at least 4 members (excludes halogenated alkanes) is 24. The van der Waals surface area contributed by atoms with Crippen LogP contribution in [0.3, 0.4) is 0 Å². The molecule has 0 heterocycles. The minimum absolute atomic E-state index is 0.0806. The molecular weight excluding hydrogens is 699 g/mol. The van der Waals surface area contributed by atoms with E-state index in [1.165, 1.54) is 135 Å². The van der Waals surface area contributed by atoms with Gasteiger partial charge in [-0.05, 0) is 77.0 Å². The molecule has 0 bridgehead atoms. The molecule has 3 N–H and O–H groups in total. The lowest BCUT2D eigenvalue weighted by atomic mass is 10.0. The highest BCUT2D eigenvalue weighted by Gasteiger charge is 2.17. The third kappa shape index (κ3) is 44.5. The molecule has 0 aromatic carbocycles. The van der Waals surface area contributed by atoms with E-state index in [1.807, 2.05) is 6.08 Å². The van der Waals surface area contributed by atoms with Crippen LogP contribution in [0, 0.1) is 0 Å². The van der Waals surface area contributed by atoms with Crippen LogP contribution in [-0.4, -0.2) is 34.9 Å². The van der Waals surface area contributed by atoms with Gasteiger partial charge in [-0.1, -0.05) is 227 Å². The monoisotopic (exact) mass is 792 g/mol. The van der Waals surface area contributed by atoms with Crippen LogP contribution in [0.15, 0.2) is 85.1 Å². The number of carbonyl (C=O) groups is 1. The molecule has 0 spiro atoms. The molecule has 0 radical (unpaired) electrons. The second-order valence-electron chi connectivity index (χ2n) is 16.1. The van der Waals surface area contributed by atoms with Crippen molar-refractivity contribution in [1.82, 2.24) is 5.32 Å². The number of aliphatic hydroxyl groups is 2. The largest absolute Gasteiger partial charge is 0.394 e. The highest BCUT2D eigenvalue weighted by Crippen LogP contribution is 2.16. The number of allylic oxidation sites excluding steroid dienone is 13. The molecule has 0 aromatic heterocycles. The van der Waals surface area contributed by atoms with Crippen LogP contribution < -0.4 is 5.32 Å². The third-order valence-corrected chi connectivity index (χ3v) is 10.6. The summed E-state index contributed by atoms with van der Waals surface area (Å²) in [5.41, 5.74) is 0. The van der Waals surface area contributed by atoms with Crippen molar-refractivity contribution >= 4 is 5.91 Å². The average Bonchev–Trinajstić information content (AvgIpc) is 3.22. The van der Waals surface area contributed by atoms with E-state index in [4.69, 9.17) is 0 Å². The normalized spacial score (nSPS) is 13.7. The summed E-state index contributed by atoms with van der Waals surface area (Å²) < 4.78 is 0. The van der Waals surface area contributed by atoms with Crippen LogP contribution in [-0.2, 0) is 4.79 Å². The third-order valence-electron chi connectivity index (χ3n) is 10.6. The van der Waals surface area contributed by atoms with E-state index in [2.05, 4.69) is 92.1 Å². The SMILES string of the molecule is CC/C=C\C/C=C\C/C=C\C/C=C\CCCCCCCCCCCCCCCCCCCCCCCCC(=O)NC(CO)C(O)/C=C/CC/C=C/CC/C=C/CC. The zero-order valence-corrected chi connectivity index (χ0v) is 37.6. The van der Waals surface area contributed by atoms with E-state index >= 15 is 0 Å². The minimum atomic E-state index is -0.869. The number of aliphatic hydroxyl groups excluding tert-OH is 2. The lowest BCUT2D eigenvalue weighted by molar-refractivity contribution is -0.123. The standard InChI is InChI=1S/C53H93NO3/c1-3-5-7-9-11-13-15-16-17-18-19-20-21-22-23-24-25-26-27-28-29-30-31-32-33-34-35-36-37-38-39-41-43-45-47-49-53(57)54-51(50-55)52(56)48-46-44-42-40-14-12-10-8-6-4-2/h5-8,11,13-14,16-17,19-20,40,46,48,51-52,55-56H,3-4,9-10,12,15,18,21-39,41-45,47,49-50H2,1-2H3,(H,54,57)/b7-5-,8-6+,13-11-,17-16-,20-19-,40-14+,48-46+. The summed E-state index contributed by atoms with van der Waals surface area (Å²) in [4.78, 5) is 12.4. The van der Waals surface area contributed by atoms with Crippen molar-refractivity contribution < 1.29 is 15.0 Å². The zero-order chi connectivity index (χ0) is 41.4. The summed E-state index contributed by atoms with van der Waals surface area (Å²) >= 11 is 0. The Balaban J connectivity index is 3.43. The van der Waals surface area contributed by atoms with E-state index in [9.17, 15) is 15.0 Å². The van der Waals surface area contributed by atoms with Crippen molar-refractivity contribution in [1.29, 1.82) is 0 Å². The Labute approximate surface area is 354 Å². The van der Waals surface area contributed by atoms with Gasteiger partial charge in [-0.15, -0.1) is 0 Å². The molecule has 4 nitrogen and oxygen atoms in total. The molecule has 4 heteroatoms. The van der Waals surface area contributed by atoms with Crippen LogP contribution in [0.1, 0.15) is 226 Å². The predicted molar refractivity (Wildman–Crippen MR) is 253 cm³/mol. The number of hydrogen-bond acceptors (Lipinski definition) is 3. The van der Waals surface area contributed by atoms with Gasteiger partial charge in [-0.3, -0.25) is 4.79 Å². The van der Waals surface area contributed by atoms with Crippen molar-refractivity contribution in [3.05, 3.63) is 85.1 Å². The van der Waals surface area contributed by atoms with Crippen molar-refractivity contribution in [3.63, 3.8) is 0 Å². The number of amides is 1. The van der Waals surface area contributed by atoms with Gasteiger partial charge < -0.3 is 15.5 Å². The topological polar surface area (TPSA) is 69.6 Å². The smallest absolute Gasteiger partial charge is 0.220 e. The Morgan fingerprint density at radius 2 is 0.737 bits per heavy atom. The Bertz CT molecular complexity index is 1030. The van der Waals surface area contributed by atoms with E-state index in [0.717, 1.165) is 70.6 Å². The maximum atomic E-state index is 12.4. The first-order chi connectivity index (χ1) is 28.2. The Morgan fingerprint density at radius 1 is 0.421 bits per heavy atom. The maximum Gasteiger partial charge on any atom is 0.220 e. The molecule has 0 aliphatic carbocycles. The molecular formula is C53H93NO3. The van der Waals surface area contributed by atoms with E-state index in [-0.39, 0.29) is 12.5 Å². The van der Waals surface area contributed by atoms with Gasteiger partial charge in [-0.2, -0.15) is 0 Å². The Hall–Kier alpha value is -2.43. The zero-order valence-electron chi connectivity index (χ0n) is 37.6. The van der Waals surface area contributed by atoms with Crippen molar-refractivity contribution in [3.8, 4) is 0 Å². The van der Waals surface area contributed by atoms with Gasteiger partial charge in [0.2, 0.25) is 5.91 Å². The van der Waals surface area contributed by atoms with E-state index in [1.54, 1.807) is 6.08 Å². The molecule has 328 valence electrons. The highest BCUT2D eigenvalue weighted by molar-refractivity contribution is 5.76. The number of carbonyl (C=O) groups excluding carboxylic acids is 1. The molecule has 0 rings (SSSR count). The molecule has 2 unspecified atom stereocenters. The number of rotatable bonds is 43. The summed E-state index contributed by atoms with van der Waals surface area (Å²) in [6, 6.07) is -0.645. The molecule has 0 aliphatic heterocycles. The second kappa shape index (κ2) is 47.9. The fraction of sp³-hybridized carbons (Fsp3) is 0.717. The summed E-state index contributed by atoms with van der Waals surface area (Å²) in [5.74, 6) is -0.0806. The van der Waals surface area contributed by atoms with E-state index < -0.39 is 12.1 Å². The number of hydrogen-bond donors (Lipinski definition) is 3. The predicted octanol–water partition coefficient (Wildman–Crippen LogP) is 15.6. The first kappa shape index (κ1) is 54.6. The Morgan fingerprint density at radius 3 is 1.16 bits per heavy atom. The highest BCUT2D eigenvalue weighted by atomic mass is 16.3. The maximum absolute atomic E-state index is 12.4. The van der Waals surface area contributed by atoms with Gasteiger partial charge in [0.25, 0.3) is 0 Å². The molecule has 0 aliphatic rings. The van der Waals surface area contributed by atoms with Crippen molar-refractivity contribution in [2.45, 2.75) is 238 Å². The van der Waals surface area contributed by atoms with Gasteiger partial charge in [0, 0.05) is 6.42 Å². The van der Waals surface area contributed by atoms with Gasteiger partial charge in [-0.25, -0.2) is 0 Å². The van der Waals surface area contributed by atoms with Crippen LogP contribution in [0.5, 0.6) is 0 Å². The van der Waals surface area contributed by atoms with E-state index in [0.29, 0.717) is 6.42 Å². The van der Waals surface area contributed by atoms with Crippen LogP contribution in [0.25, 0.3) is 0 Å². The minimum Gasteiger partial charge on any atom is -0.394 e. The molecule has 1 amide bonds. The van der Waals surface area contributed by atoms with Crippen molar-refractivity contribution in [2.24, 2.45) is 0 Å².